The molecule has 8 nitrogen and oxygen atoms in total. The molecule has 2 aromatic rings. The van der Waals surface area contributed by atoms with Crippen molar-refractivity contribution in [3.8, 4) is 5.75 Å². The van der Waals surface area contributed by atoms with E-state index in [1.807, 2.05) is 19.9 Å². The lowest BCUT2D eigenvalue weighted by Crippen LogP contribution is -2.28. The fourth-order valence-corrected chi connectivity index (χ4v) is 3.35. The van der Waals surface area contributed by atoms with Gasteiger partial charge in [-0.15, -0.1) is 5.10 Å². The molecule has 3 rings (SSSR count). The molecule has 146 valence electrons. The first-order valence-corrected chi connectivity index (χ1v) is 9.59. The third kappa shape index (κ3) is 5.46. The smallest absolute Gasteiger partial charge is 0.240 e. The minimum absolute atomic E-state index is 0.0316. The average molecular weight is 400 g/mol. The molecule has 1 aliphatic rings. The van der Waals surface area contributed by atoms with Crippen molar-refractivity contribution in [1.29, 1.82) is 0 Å². The Bertz CT molecular complexity index is 905. The highest BCUT2D eigenvalue weighted by Gasteiger charge is 2.32. The van der Waals surface area contributed by atoms with Gasteiger partial charge in [0, 0.05) is 12.1 Å². The summed E-state index contributed by atoms with van der Waals surface area (Å²) in [5, 5.41) is 13.0. The third-order valence-electron chi connectivity index (χ3n) is 3.69. The molecule has 2 N–H and O–H groups in total. The second-order valence-electron chi connectivity index (χ2n) is 5.90. The van der Waals surface area contributed by atoms with E-state index in [2.05, 4.69) is 20.8 Å². The van der Waals surface area contributed by atoms with Crippen LogP contribution in [0, 0.1) is 6.92 Å². The van der Waals surface area contributed by atoms with Crippen molar-refractivity contribution in [2.45, 2.75) is 25.5 Å². The summed E-state index contributed by atoms with van der Waals surface area (Å²) in [6.07, 6.45) is 1.49. The van der Waals surface area contributed by atoms with Gasteiger partial charge in [-0.2, -0.15) is 5.10 Å². The number of hydrogen-bond donors (Lipinski definition) is 2. The molecular formula is C19H20N4O4S. The van der Waals surface area contributed by atoms with E-state index in [4.69, 9.17) is 9.15 Å². The molecule has 1 aromatic heterocycles. The van der Waals surface area contributed by atoms with Gasteiger partial charge in [-0.1, -0.05) is 11.8 Å². The zero-order valence-corrected chi connectivity index (χ0v) is 16.3. The number of amides is 2. The van der Waals surface area contributed by atoms with Gasteiger partial charge in [0.05, 0.1) is 12.8 Å². The standard InChI is InChI=1S/C19H20N4O4S/c1-3-26-14-8-5-13(6-9-14)21-17(24)10-16-18(25)22-19(28-16)23-20-11-15-7-4-12(2)27-15/h4-9,11,16H,3,10H2,1-2H3,(H,21,24)(H,22,23,25)/b20-11-/t16-/m1/s1. The Morgan fingerprint density at radius 3 is 2.79 bits per heavy atom. The predicted octanol–water partition coefficient (Wildman–Crippen LogP) is 2.94. The molecule has 0 aliphatic carbocycles. The van der Waals surface area contributed by atoms with Crippen molar-refractivity contribution in [1.82, 2.24) is 5.32 Å². The molecule has 2 heterocycles. The van der Waals surface area contributed by atoms with Gasteiger partial charge in [0.25, 0.3) is 0 Å². The van der Waals surface area contributed by atoms with Crippen LogP contribution in [-0.2, 0) is 9.59 Å². The lowest BCUT2D eigenvalue weighted by atomic mass is 10.2. The number of rotatable bonds is 7. The van der Waals surface area contributed by atoms with E-state index in [1.165, 1.54) is 18.0 Å². The van der Waals surface area contributed by atoms with Gasteiger partial charge < -0.3 is 19.8 Å². The molecule has 0 unspecified atom stereocenters. The van der Waals surface area contributed by atoms with Gasteiger partial charge in [0.2, 0.25) is 11.8 Å². The Morgan fingerprint density at radius 1 is 1.32 bits per heavy atom. The van der Waals surface area contributed by atoms with Crippen LogP contribution in [0.15, 0.2) is 51.0 Å². The van der Waals surface area contributed by atoms with Crippen molar-refractivity contribution in [2.24, 2.45) is 10.2 Å². The number of aryl methyl sites for hydroxylation is 1. The summed E-state index contributed by atoms with van der Waals surface area (Å²) in [6.45, 7) is 4.31. The van der Waals surface area contributed by atoms with Crippen molar-refractivity contribution in [3.63, 3.8) is 0 Å². The second kappa shape index (κ2) is 9.23. The molecule has 1 atom stereocenters. The average Bonchev–Trinajstić information content (AvgIpc) is 3.22. The van der Waals surface area contributed by atoms with Crippen LogP contribution in [0.1, 0.15) is 24.9 Å². The molecule has 1 saturated heterocycles. The molecule has 0 spiro atoms. The Kier molecular flexibility index (Phi) is 6.49. The van der Waals surface area contributed by atoms with E-state index >= 15 is 0 Å². The van der Waals surface area contributed by atoms with Gasteiger partial charge in [-0.3, -0.25) is 9.59 Å². The van der Waals surface area contributed by atoms with Crippen LogP contribution in [0.4, 0.5) is 5.69 Å². The number of benzene rings is 1. The van der Waals surface area contributed by atoms with Crippen LogP contribution < -0.4 is 15.4 Å². The van der Waals surface area contributed by atoms with Crippen LogP contribution in [0.2, 0.25) is 0 Å². The largest absolute Gasteiger partial charge is 0.494 e. The van der Waals surface area contributed by atoms with Crippen LogP contribution >= 0.6 is 11.8 Å². The molecular weight excluding hydrogens is 380 g/mol. The van der Waals surface area contributed by atoms with Crippen molar-refractivity contribution >= 4 is 40.6 Å². The first-order valence-electron chi connectivity index (χ1n) is 8.71. The molecule has 1 aromatic carbocycles. The van der Waals surface area contributed by atoms with Gasteiger partial charge in [0.15, 0.2) is 5.17 Å². The Morgan fingerprint density at radius 2 is 2.11 bits per heavy atom. The summed E-state index contributed by atoms with van der Waals surface area (Å²) < 4.78 is 10.7. The second-order valence-corrected chi connectivity index (χ2v) is 7.10. The van der Waals surface area contributed by atoms with Crippen LogP contribution in [0.25, 0.3) is 0 Å². The van der Waals surface area contributed by atoms with E-state index in [1.54, 1.807) is 30.3 Å². The number of furan rings is 1. The lowest BCUT2D eigenvalue weighted by Gasteiger charge is -2.08. The number of thioether (sulfide) groups is 1. The first-order chi connectivity index (χ1) is 13.5. The number of anilines is 1. The molecule has 0 radical (unpaired) electrons. The maximum atomic E-state index is 12.2. The molecule has 1 aliphatic heterocycles. The first kappa shape index (κ1) is 19.7. The number of hydrogen-bond acceptors (Lipinski definition) is 7. The SMILES string of the molecule is CCOc1ccc(NC(=O)C[C@H]2S/C(=N/N=C\c3ccc(C)o3)NC2=O)cc1. The normalized spacial score (nSPS) is 17.9. The van der Waals surface area contributed by atoms with Crippen molar-refractivity contribution in [2.75, 3.05) is 11.9 Å². The number of ether oxygens (including phenoxy) is 1. The number of nitrogens with one attached hydrogen (secondary N) is 2. The highest BCUT2D eigenvalue weighted by atomic mass is 32.2. The molecule has 28 heavy (non-hydrogen) atoms. The lowest BCUT2D eigenvalue weighted by molar-refractivity contribution is -0.122. The van der Waals surface area contributed by atoms with Gasteiger partial charge >= 0.3 is 0 Å². The summed E-state index contributed by atoms with van der Waals surface area (Å²) in [4.78, 5) is 24.3. The quantitative estimate of drug-likeness (QED) is 0.549. The Labute approximate surface area is 166 Å². The Hall–Kier alpha value is -3.07. The molecule has 9 heteroatoms. The number of amidine groups is 1. The van der Waals surface area contributed by atoms with Crippen molar-refractivity contribution < 1.29 is 18.7 Å². The van der Waals surface area contributed by atoms with Gasteiger partial charge in [-0.25, -0.2) is 0 Å². The topological polar surface area (TPSA) is 105 Å². The van der Waals surface area contributed by atoms with E-state index in [-0.39, 0.29) is 18.2 Å². The van der Waals surface area contributed by atoms with Crippen LogP contribution in [0.5, 0.6) is 5.75 Å². The van der Waals surface area contributed by atoms with Gasteiger partial charge in [0.1, 0.15) is 22.5 Å². The van der Waals surface area contributed by atoms with E-state index in [9.17, 15) is 9.59 Å². The highest BCUT2D eigenvalue weighted by Crippen LogP contribution is 2.23. The van der Waals surface area contributed by atoms with E-state index < -0.39 is 5.25 Å². The number of carbonyl (C=O) groups is 2. The predicted molar refractivity (Wildman–Crippen MR) is 109 cm³/mol. The van der Waals surface area contributed by atoms with Crippen LogP contribution in [-0.4, -0.2) is 35.1 Å². The summed E-state index contributed by atoms with van der Waals surface area (Å²) in [7, 11) is 0. The monoisotopic (exact) mass is 400 g/mol. The minimum atomic E-state index is -0.553. The summed E-state index contributed by atoms with van der Waals surface area (Å²) in [5.41, 5.74) is 0.643. The minimum Gasteiger partial charge on any atom is -0.494 e. The molecule has 0 bridgehead atoms. The van der Waals surface area contributed by atoms with Crippen molar-refractivity contribution in [3.05, 3.63) is 47.9 Å². The Balaban J connectivity index is 1.51. The van der Waals surface area contributed by atoms with Crippen LogP contribution in [0.3, 0.4) is 0 Å². The molecule has 1 fully saturated rings. The summed E-state index contributed by atoms with van der Waals surface area (Å²) >= 11 is 1.17. The molecule has 0 saturated carbocycles. The van der Waals surface area contributed by atoms with E-state index in [0.29, 0.717) is 23.2 Å². The maximum Gasteiger partial charge on any atom is 0.240 e. The highest BCUT2D eigenvalue weighted by molar-refractivity contribution is 8.15. The zero-order valence-electron chi connectivity index (χ0n) is 15.5. The summed E-state index contributed by atoms with van der Waals surface area (Å²) in [5.74, 6) is 1.55. The fraction of sp³-hybridized carbons (Fsp3) is 0.263. The summed E-state index contributed by atoms with van der Waals surface area (Å²) in [6, 6.07) is 10.7. The zero-order chi connectivity index (χ0) is 19.9. The third-order valence-corrected chi connectivity index (χ3v) is 4.76. The maximum absolute atomic E-state index is 12.2. The fourth-order valence-electron chi connectivity index (χ4n) is 2.43. The van der Waals surface area contributed by atoms with Gasteiger partial charge in [-0.05, 0) is 50.2 Å². The number of carbonyl (C=O) groups excluding carboxylic acids is 2. The molecule has 2 amide bonds. The number of nitrogens with zero attached hydrogens (tertiary/aromatic N) is 2. The van der Waals surface area contributed by atoms with E-state index in [0.717, 1.165) is 11.5 Å².